The number of nitrogens with zero attached hydrogens (tertiary/aromatic N) is 6. The lowest BCUT2D eigenvalue weighted by Gasteiger charge is -2.16. The van der Waals surface area contributed by atoms with Gasteiger partial charge in [-0.2, -0.15) is 0 Å². The van der Waals surface area contributed by atoms with Crippen molar-refractivity contribution in [3.8, 4) is 22.5 Å². The van der Waals surface area contributed by atoms with Gasteiger partial charge in [-0.15, -0.1) is 10.2 Å². The largest absolute Gasteiger partial charge is 0.423 e. The number of hydrogen-bond donors (Lipinski definition) is 0. The van der Waals surface area contributed by atoms with E-state index < -0.39 is 0 Å². The quantitative estimate of drug-likeness (QED) is 0.168. The van der Waals surface area contributed by atoms with Gasteiger partial charge in [0.2, 0.25) is 0 Å². The monoisotopic (exact) mass is 714 g/mol. The van der Waals surface area contributed by atoms with E-state index >= 15 is 0 Å². The molecule has 4 aromatic carbocycles. The molecule has 0 spiro atoms. The minimum atomic E-state index is -0.332. The van der Waals surface area contributed by atoms with Crippen molar-refractivity contribution in [2.24, 2.45) is 0 Å². The standard InChI is InChI=1S/2C22H19N3O2/c26-21-11-10-17-12-16-8-4-5-9-19-22(18(16)13-20(17)27-21)23-24-25(19)14-15-6-2-1-3-7-15;26-21-11-10-17-12-16-8-4-5-9-19-22(18(16)13-20(17)27-21)25(24-23-19)14-15-6-2-1-3-7-15/h2*1-3,6-7,10-13H,4-5,8-9,14H2. The van der Waals surface area contributed by atoms with Crippen LogP contribution >= 0.6 is 0 Å². The van der Waals surface area contributed by atoms with Crippen molar-refractivity contribution in [2.45, 2.75) is 64.5 Å². The average Bonchev–Trinajstić information content (AvgIpc) is 3.76. The third kappa shape index (κ3) is 6.78. The lowest BCUT2D eigenvalue weighted by Crippen LogP contribution is -2.09. The second-order valence-electron chi connectivity index (χ2n) is 14.1. The van der Waals surface area contributed by atoms with Gasteiger partial charge in [-0.25, -0.2) is 19.0 Å². The van der Waals surface area contributed by atoms with Crippen LogP contribution in [0.3, 0.4) is 0 Å². The minimum absolute atomic E-state index is 0.329. The molecule has 8 aromatic rings. The maximum Gasteiger partial charge on any atom is 0.336 e. The third-order valence-corrected chi connectivity index (χ3v) is 10.4. The first-order valence-electron chi connectivity index (χ1n) is 18.6. The average molecular weight is 715 g/mol. The van der Waals surface area contributed by atoms with Crippen molar-refractivity contribution in [1.29, 1.82) is 0 Å². The van der Waals surface area contributed by atoms with Crippen LogP contribution in [-0.4, -0.2) is 30.0 Å². The summed E-state index contributed by atoms with van der Waals surface area (Å²) in [6, 6.07) is 35.4. The molecule has 10 nitrogen and oxygen atoms in total. The Kier molecular flexibility index (Phi) is 9.00. The summed E-state index contributed by atoms with van der Waals surface area (Å²) in [5.74, 6) is 0. The molecule has 0 aliphatic heterocycles. The van der Waals surface area contributed by atoms with E-state index in [1.165, 1.54) is 34.4 Å². The number of benzene rings is 4. The number of hydrogen-bond acceptors (Lipinski definition) is 8. The summed E-state index contributed by atoms with van der Waals surface area (Å²) in [5.41, 5.74) is 11.7. The molecule has 0 saturated carbocycles. The second kappa shape index (κ2) is 14.5. The fraction of sp³-hybridized carbons (Fsp3) is 0.227. The highest BCUT2D eigenvalue weighted by atomic mass is 16.4. The van der Waals surface area contributed by atoms with E-state index in [9.17, 15) is 9.59 Å². The summed E-state index contributed by atoms with van der Waals surface area (Å²) >= 11 is 0. The van der Waals surface area contributed by atoms with Crippen LogP contribution in [0, 0.1) is 0 Å². The molecule has 2 aliphatic carbocycles. The maximum absolute atomic E-state index is 11.7. The molecular formula is C44H38N6O4. The molecule has 0 amide bonds. The molecule has 0 saturated heterocycles. The first kappa shape index (κ1) is 33.4. The van der Waals surface area contributed by atoms with Gasteiger partial charge in [0, 0.05) is 34.0 Å². The van der Waals surface area contributed by atoms with Crippen LogP contribution in [0.4, 0.5) is 0 Å². The van der Waals surface area contributed by atoms with Crippen molar-refractivity contribution in [1.82, 2.24) is 30.0 Å². The summed E-state index contributed by atoms with van der Waals surface area (Å²) in [5, 5.41) is 19.8. The van der Waals surface area contributed by atoms with Crippen LogP contribution in [0.1, 0.15) is 59.3 Å². The third-order valence-electron chi connectivity index (χ3n) is 10.4. The fourth-order valence-corrected chi connectivity index (χ4v) is 7.75. The Morgan fingerprint density at radius 1 is 0.537 bits per heavy atom. The summed E-state index contributed by atoms with van der Waals surface area (Å²) in [6.07, 6.45) is 8.29. The topological polar surface area (TPSA) is 122 Å². The van der Waals surface area contributed by atoms with Gasteiger partial charge in [0.25, 0.3) is 0 Å². The van der Waals surface area contributed by atoms with Gasteiger partial charge >= 0.3 is 11.3 Å². The first-order valence-corrected chi connectivity index (χ1v) is 18.6. The molecule has 10 heteroatoms. The molecule has 0 fully saturated rings. The van der Waals surface area contributed by atoms with E-state index in [2.05, 4.69) is 57.0 Å². The number of rotatable bonds is 4. The van der Waals surface area contributed by atoms with Crippen LogP contribution in [0.5, 0.6) is 0 Å². The Morgan fingerprint density at radius 2 is 1.07 bits per heavy atom. The predicted molar refractivity (Wildman–Crippen MR) is 207 cm³/mol. The van der Waals surface area contributed by atoms with Gasteiger partial charge in [0.1, 0.15) is 16.9 Å². The van der Waals surface area contributed by atoms with E-state index in [0.717, 1.165) is 96.0 Å². The summed E-state index contributed by atoms with van der Waals surface area (Å²) in [6.45, 7) is 1.38. The zero-order valence-electron chi connectivity index (χ0n) is 29.8. The van der Waals surface area contributed by atoms with Crippen LogP contribution in [0.2, 0.25) is 0 Å². The minimum Gasteiger partial charge on any atom is -0.423 e. The number of fused-ring (bicyclic) bond motifs is 8. The molecule has 0 bridgehead atoms. The molecule has 10 rings (SSSR count). The smallest absolute Gasteiger partial charge is 0.336 e. The van der Waals surface area contributed by atoms with E-state index in [-0.39, 0.29) is 11.3 Å². The van der Waals surface area contributed by atoms with Gasteiger partial charge in [0.05, 0.1) is 30.2 Å². The van der Waals surface area contributed by atoms with E-state index in [1.807, 2.05) is 70.0 Å². The van der Waals surface area contributed by atoms with Crippen molar-refractivity contribution >= 4 is 21.9 Å². The maximum atomic E-state index is 11.7. The molecule has 54 heavy (non-hydrogen) atoms. The molecule has 4 heterocycles. The van der Waals surface area contributed by atoms with Crippen LogP contribution in [-0.2, 0) is 38.8 Å². The van der Waals surface area contributed by atoms with E-state index in [0.29, 0.717) is 24.3 Å². The zero-order valence-corrected chi connectivity index (χ0v) is 29.8. The molecule has 4 aromatic heterocycles. The van der Waals surface area contributed by atoms with Crippen molar-refractivity contribution in [3.05, 3.63) is 164 Å². The Labute approximate surface area is 310 Å². The lowest BCUT2D eigenvalue weighted by molar-refractivity contribution is 0.560. The highest BCUT2D eigenvalue weighted by Gasteiger charge is 2.23. The highest BCUT2D eigenvalue weighted by Crippen LogP contribution is 2.35. The summed E-state index contributed by atoms with van der Waals surface area (Å²) < 4.78 is 14.8. The van der Waals surface area contributed by atoms with Gasteiger partial charge in [-0.1, -0.05) is 71.1 Å². The molecule has 0 radical (unpaired) electrons. The van der Waals surface area contributed by atoms with Gasteiger partial charge in [-0.3, -0.25) is 0 Å². The number of aryl methyl sites for hydroxylation is 3. The SMILES string of the molecule is O=c1ccc2cc3c(cc2o1)-c1c(nnn1Cc1ccccc1)CCCC3.O=c1ccc2cc3c(cc2o1)-c1nnn(Cc2ccccc2)c1CCCC3. The van der Waals surface area contributed by atoms with Crippen LogP contribution in [0.25, 0.3) is 44.5 Å². The number of aromatic nitrogens is 6. The van der Waals surface area contributed by atoms with Gasteiger partial charge in [-0.05, 0) is 110 Å². The zero-order chi connectivity index (χ0) is 36.4. The first-order chi connectivity index (χ1) is 26.6. The molecule has 0 atom stereocenters. The predicted octanol–water partition coefficient (Wildman–Crippen LogP) is 7.96. The Morgan fingerprint density at radius 3 is 1.72 bits per heavy atom. The molecule has 0 N–H and O–H groups in total. The van der Waals surface area contributed by atoms with Gasteiger partial charge in [0.15, 0.2) is 0 Å². The van der Waals surface area contributed by atoms with Gasteiger partial charge < -0.3 is 8.83 Å². The van der Waals surface area contributed by atoms with Crippen molar-refractivity contribution in [2.75, 3.05) is 0 Å². The second-order valence-corrected chi connectivity index (χ2v) is 14.1. The molecule has 0 unspecified atom stereocenters. The lowest BCUT2D eigenvalue weighted by atomic mass is 9.92. The Hall–Kier alpha value is -6.42. The van der Waals surface area contributed by atoms with E-state index in [1.54, 1.807) is 0 Å². The van der Waals surface area contributed by atoms with E-state index in [4.69, 9.17) is 8.83 Å². The Bertz CT molecular complexity index is 2730. The van der Waals surface area contributed by atoms with Crippen LogP contribution < -0.4 is 11.3 Å². The van der Waals surface area contributed by atoms with Crippen molar-refractivity contribution in [3.63, 3.8) is 0 Å². The normalized spacial score (nSPS) is 13.6. The molecule has 2 aliphatic rings. The van der Waals surface area contributed by atoms with Crippen LogP contribution in [0.15, 0.2) is 128 Å². The molecular weight excluding hydrogens is 677 g/mol. The summed E-state index contributed by atoms with van der Waals surface area (Å²) in [4.78, 5) is 23.3. The highest BCUT2D eigenvalue weighted by molar-refractivity contribution is 5.86. The Balaban J connectivity index is 0.000000142. The summed E-state index contributed by atoms with van der Waals surface area (Å²) in [7, 11) is 0. The fourth-order valence-electron chi connectivity index (χ4n) is 7.75. The van der Waals surface area contributed by atoms with Crippen molar-refractivity contribution < 1.29 is 8.83 Å². The molecule has 268 valence electrons.